The summed E-state index contributed by atoms with van der Waals surface area (Å²) in [6.45, 7) is 3.82. The van der Waals surface area contributed by atoms with E-state index in [0.29, 0.717) is 6.04 Å². The molecule has 1 saturated heterocycles. The number of likely N-dealkylation sites (tertiary alicyclic amines) is 1. The van der Waals surface area contributed by atoms with Crippen molar-refractivity contribution in [2.75, 3.05) is 7.05 Å². The molecule has 68 valence electrons. The Morgan fingerprint density at radius 2 is 2.25 bits per heavy atom. The lowest BCUT2D eigenvalue weighted by Gasteiger charge is -2.28. The molecule has 1 amide bonds. The zero-order valence-electron chi connectivity index (χ0n) is 7.74. The molecule has 0 spiro atoms. The Balaban J connectivity index is 2.32. The quantitative estimate of drug-likeness (QED) is 0.610. The Hall–Kier alpha value is -0.570. The third-order valence-corrected chi connectivity index (χ3v) is 3.36. The first-order valence-electron chi connectivity index (χ1n) is 4.49. The van der Waals surface area contributed by atoms with Gasteiger partial charge in [-0.15, -0.1) is 0 Å². The number of hydrogen-bond acceptors (Lipinski definition) is 2. The fourth-order valence-electron chi connectivity index (χ4n) is 2.35. The Morgan fingerprint density at radius 1 is 1.67 bits per heavy atom. The molecule has 2 aliphatic rings. The van der Waals surface area contributed by atoms with Gasteiger partial charge in [-0.05, 0) is 12.3 Å². The van der Waals surface area contributed by atoms with E-state index in [0.717, 1.165) is 6.42 Å². The molecule has 0 aromatic carbocycles. The summed E-state index contributed by atoms with van der Waals surface area (Å²) in [5.41, 5.74) is -1.06. The van der Waals surface area contributed by atoms with E-state index in [2.05, 4.69) is 0 Å². The van der Waals surface area contributed by atoms with Gasteiger partial charge in [0.25, 0.3) is 5.91 Å². The minimum atomic E-state index is -1.06. The van der Waals surface area contributed by atoms with Crippen molar-refractivity contribution in [2.45, 2.75) is 31.9 Å². The minimum Gasteiger partial charge on any atom is -0.379 e. The highest BCUT2D eigenvalue weighted by molar-refractivity contribution is 5.90. The average Bonchev–Trinajstić information content (AvgIpc) is 2.74. The van der Waals surface area contributed by atoms with Crippen LogP contribution >= 0.6 is 0 Å². The number of amides is 1. The molecule has 3 heteroatoms. The van der Waals surface area contributed by atoms with Gasteiger partial charge in [-0.1, -0.05) is 13.8 Å². The molecular formula is C9H15NO2. The van der Waals surface area contributed by atoms with Crippen molar-refractivity contribution in [1.82, 2.24) is 4.90 Å². The molecule has 1 aliphatic carbocycles. The highest BCUT2D eigenvalue weighted by atomic mass is 16.3. The molecule has 3 nitrogen and oxygen atoms in total. The summed E-state index contributed by atoms with van der Waals surface area (Å²) in [6, 6.07) is 0.324. The van der Waals surface area contributed by atoms with Crippen LogP contribution in [0, 0.1) is 11.8 Å². The van der Waals surface area contributed by atoms with Crippen LogP contribution in [-0.2, 0) is 4.79 Å². The number of rotatable bonds is 1. The summed E-state index contributed by atoms with van der Waals surface area (Å²) in [6.07, 6.45) is 0.983. The third-order valence-electron chi connectivity index (χ3n) is 3.36. The summed E-state index contributed by atoms with van der Waals surface area (Å²) >= 11 is 0. The van der Waals surface area contributed by atoms with Crippen molar-refractivity contribution < 1.29 is 9.90 Å². The second-order valence-corrected chi connectivity index (χ2v) is 4.31. The fraction of sp³-hybridized carbons (Fsp3) is 0.889. The normalized spacial score (nSPS) is 45.4. The van der Waals surface area contributed by atoms with Gasteiger partial charge >= 0.3 is 0 Å². The van der Waals surface area contributed by atoms with E-state index in [1.54, 1.807) is 11.9 Å². The molecular weight excluding hydrogens is 154 g/mol. The van der Waals surface area contributed by atoms with Gasteiger partial charge in [0.2, 0.25) is 0 Å². The van der Waals surface area contributed by atoms with Gasteiger partial charge in [-0.2, -0.15) is 0 Å². The summed E-state index contributed by atoms with van der Waals surface area (Å²) in [5, 5.41) is 10.1. The number of hydrogen-bond donors (Lipinski definition) is 1. The van der Waals surface area contributed by atoms with Gasteiger partial charge in [0.1, 0.15) is 5.60 Å². The average molecular weight is 169 g/mol. The fourth-order valence-corrected chi connectivity index (χ4v) is 2.35. The molecule has 0 radical (unpaired) electrons. The summed E-state index contributed by atoms with van der Waals surface area (Å²) < 4.78 is 0. The molecule has 1 saturated carbocycles. The molecule has 0 aromatic rings. The molecule has 1 heterocycles. The van der Waals surface area contributed by atoms with Gasteiger partial charge in [0.15, 0.2) is 0 Å². The second-order valence-electron chi connectivity index (χ2n) is 4.31. The lowest BCUT2D eigenvalue weighted by Crippen LogP contribution is -2.47. The van der Waals surface area contributed by atoms with Crippen molar-refractivity contribution in [2.24, 2.45) is 11.8 Å². The van der Waals surface area contributed by atoms with Crippen LogP contribution in [0.25, 0.3) is 0 Å². The van der Waals surface area contributed by atoms with Crippen LogP contribution in [0.4, 0.5) is 0 Å². The molecule has 2 rings (SSSR count). The Bertz CT molecular complexity index is 239. The molecule has 1 unspecified atom stereocenters. The number of likely N-dealkylation sites (N-methyl/N-ethyl adjacent to an activating group) is 1. The largest absolute Gasteiger partial charge is 0.379 e. The third kappa shape index (κ3) is 0.678. The minimum absolute atomic E-state index is 0.0324. The smallest absolute Gasteiger partial charge is 0.255 e. The number of fused-ring (bicyclic) bond motifs is 1. The van der Waals surface area contributed by atoms with Crippen LogP contribution < -0.4 is 0 Å². The molecule has 1 N–H and O–H groups in total. The van der Waals surface area contributed by atoms with Crippen LogP contribution in [0.2, 0.25) is 0 Å². The van der Waals surface area contributed by atoms with Crippen molar-refractivity contribution >= 4 is 5.91 Å². The Morgan fingerprint density at radius 3 is 2.50 bits per heavy atom. The van der Waals surface area contributed by atoms with Gasteiger partial charge in [0.05, 0.1) is 0 Å². The van der Waals surface area contributed by atoms with E-state index in [4.69, 9.17) is 0 Å². The second kappa shape index (κ2) is 2.02. The summed E-state index contributed by atoms with van der Waals surface area (Å²) in [5.74, 6) is 0.152. The van der Waals surface area contributed by atoms with E-state index in [1.165, 1.54) is 0 Å². The molecule has 12 heavy (non-hydrogen) atoms. The van der Waals surface area contributed by atoms with E-state index < -0.39 is 5.60 Å². The van der Waals surface area contributed by atoms with Gasteiger partial charge < -0.3 is 10.0 Å². The van der Waals surface area contributed by atoms with Gasteiger partial charge in [-0.25, -0.2) is 0 Å². The Labute approximate surface area is 72.4 Å². The van der Waals surface area contributed by atoms with E-state index in [1.807, 2.05) is 13.8 Å². The maximum Gasteiger partial charge on any atom is 0.255 e. The molecule has 0 aromatic heterocycles. The van der Waals surface area contributed by atoms with Crippen LogP contribution in [-0.4, -0.2) is 34.6 Å². The summed E-state index contributed by atoms with van der Waals surface area (Å²) in [7, 11) is 1.79. The molecule has 0 bridgehead atoms. The maximum atomic E-state index is 11.6. The number of piperidine rings is 1. The predicted octanol–water partition coefficient (Wildman–Crippen LogP) is 0.234. The first-order chi connectivity index (χ1) is 5.49. The van der Waals surface area contributed by atoms with E-state index in [-0.39, 0.29) is 17.7 Å². The van der Waals surface area contributed by atoms with Crippen LogP contribution in [0.5, 0.6) is 0 Å². The first-order valence-corrected chi connectivity index (χ1v) is 4.49. The SMILES string of the molecule is CC(C)[C@@]1(O)C(=O)N(C)[C@H]2CC21. The number of aliphatic hydroxyl groups is 1. The highest BCUT2D eigenvalue weighted by Gasteiger charge is 2.67. The van der Waals surface area contributed by atoms with Crippen LogP contribution in [0.3, 0.4) is 0 Å². The number of nitrogens with zero attached hydrogens (tertiary/aromatic N) is 1. The monoisotopic (exact) mass is 169 g/mol. The zero-order valence-corrected chi connectivity index (χ0v) is 7.74. The van der Waals surface area contributed by atoms with Crippen molar-refractivity contribution in [3.8, 4) is 0 Å². The number of carbonyl (C=O) groups excluding carboxylic acids is 1. The lowest BCUT2D eigenvalue weighted by molar-refractivity contribution is -0.150. The first kappa shape index (κ1) is 8.05. The van der Waals surface area contributed by atoms with Gasteiger partial charge in [0, 0.05) is 19.0 Å². The van der Waals surface area contributed by atoms with Gasteiger partial charge in [-0.3, -0.25) is 4.79 Å². The zero-order chi connectivity index (χ0) is 9.09. The Kier molecular flexibility index (Phi) is 1.35. The predicted molar refractivity (Wildman–Crippen MR) is 44.5 cm³/mol. The standard InChI is InChI=1S/C9H15NO2/c1-5(2)9(12)6-4-7(6)10(3)8(9)11/h5-7,12H,4H2,1-3H3/t6?,7-,9-/m0/s1. The van der Waals surface area contributed by atoms with Crippen LogP contribution in [0.1, 0.15) is 20.3 Å². The molecule has 3 atom stereocenters. The lowest BCUT2D eigenvalue weighted by atomic mass is 9.86. The van der Waals surface area contributed by atoms with Crippen molar-refractivity contribution in [3.05, 3.63) is 0 Å². The number of carbonyl (C=O) groups is 1. The van der Waals surface area contributed by atoms with Crippen LogP contribution in [0.15, 0.2) is 0 Å². The van der Waals surface area contributed by atoms with E-state index >= 15 is 0 Å². The van der Waals surface area contributed by atoms with Crippen molar-refractivity contribution in [1.29, 1.82) is 0 Å². The summed E-state index contributed by atoms with van der Waals surface area (Å²) in [4.78, 5) is 13.3. The molecule has 2 fully saturated rings. The molecule has 1 aliphatic heterocycles. The highest BCUT2D eigenvalue weighted by Crippen LogP contribution is 2.53. The topological polar surface area (TPSA) is 40.5 Å². The van der Waals surface area contributed by atoms with E-state index in [9.17, 15) is 9.90 Å². The maximum absolute atomic E-state index is 11.6. The van der Waals surface area contributed by atoms with Crippen molar-refractivity contribution in [3.63, 3.8) is 0 Å².